The molecule has 6 nitrogen and oxygen atoms in total. The topological polar surface area (TPSA) is 60.9 Å². The molecule has 0 bridgehead atoms. The maximum atomic E-state index is 13.0. The molecule has 3 amide bonds. The largest absolute Gasteiger partial charge is 0.339 e. The number of carbonyl (C=O) groups is 3. The van der Waals surface area contributed by atoms with Crippen molar-refractivity contribution in [2.75, 3.05) is 37.6 Å². The van der Waals surface area contributed by atoms with Gasteiger partial charge in [0.05, 0.1) is 5.92 Å². The maximum Gasteiger partial charge on any atom is 0.253 e. The molecule has 2 fully saturated rings. The van der Waals surface area contributed by atoms with Gasteiger partial charge in [-0.3, -0.25) is 14.4 Å². The zero-order valence-electron chi connectivity index (χ0n) is 16.6. The summed E-state index contributed by atoms with van der Waals surface area (Å²) in [7, 11) is 0. The molecule has 0 unspecified atom stereocenters. The van der Waals surface area contributed by atoms with Gasteiger partial charge in [0.15, 0.2) is 0 Å². The van der Waals surface area contributed by atoms with E-state index in [-0.39, 0.29) is 30.1 Å². The van der Waals surface area contributed by atoms with Gasteiger partial charge in [-0.25, -0.2) is 0 Å². The summed E-state index contributed by atoms with van der Waals surface area (Å²) in [6.07, 6.45) is 0.246. The third-order valence-electron chi connectivity index (χ3n) is 5.72. The fourth-order valence-electron chi connectivity index (χ4n) is 4.00. The number of nitrogens with zero attached hydrogens (tertiary/aromatic N) is 3. The summed E-state index contributed by atoms with van der Waals surface area (Å²) < 4.78 is 0. The number of carbonyl (C=O) groups excluding carboxylic acids is 3. The summed E-state index contributed by atoms with van der Waals surface area (Å²) in [4.78, 5) is 43.3. The molecule has 2 aromatic rings. The highest BCUT2D eigenvalue weighted by Crippen LogP contribution is 2.27. The third-order valence-corrected chi connectivity index (χ3v) is 5.72. The second-order valence-corrected chi connectivity index (χ2v) is 7.72. The van der Waals surface area contributed by atoms with Crippen molar-refractivity contribution in [1.82, 2.24) is 9.80 Å². The second kappa shape index (κ2) is 8.07. The van der Waals surface area contributed by atoms with Crippen LogP contribution in [0.3, 0.4) is 0 Å². The zero-order valence-corrected chi connectivity index (χ0v) is 16.6. The molecule has 0 saturated carbocycles. The van der Waals surface area contributed by atoms with Crippen LogP contribution >= 0.6 is 0 Å². The van der Waals surface area contributed by atoms with Gasteiger partial charge in [-0.2, -0.15) is 0 Å². The van der Waals surface area contributed by atoms with Crippen molar-refractivity contribution >= 4 is 23.4 Å². The van der Waals surface area contributed by atoms with Gasteiger partial charge in [0.25, 0.3) is 5.91 Å². The molecule has 0 spiro atoms. The summed E-state index contributed by atoms with van der Waals surface area (Å²) in [6.45, 7) is 4.47. The molecule has 4 rings (SSSR count). The fourth-order valence-corrected chi connectivity index (χ4v) is 4.00. The van der Waals surface area contributed by atoms with Crippen LogP contribution in [0.25, 0.3) is 0 Å². The number of piperazine rings is 1. The zero-order chi connectivity index (χ0) is 20.4. The maximum absolute atomic E-state index is 13.0. The van der Waals surface area contributed by atoms with Crippen molar-refractivity contribution in [3.05, 3.63) is 65.7 Å². The van der Waals surface area contributed by atoms with Crippen molar-refractivity contribution in [3.63, 3.8) is 0 Å². The van der Waals surface area contributed by atoms with Crippen molar-refractivity contribution < 1.29 is 14.4 Å². The predicted molar refractivity (Wildman–Crippen MR) is 111 cm³/mol. The number of hydrogen-bond acceptors (Lipinski definition) is 3. The number of aryl methyl sites for hydroxylation is 1. The number of amides is 3. The van der Waals surface area contributed by atoms with Crippen LogP contribution in [0, 0.1) is 12.8 Å². The molecule has 2 aliphatic rings. The molecule has 2 heterocycles. The normalized spacial score (nSPS) is 19.6. The van der Waals surface area contributed by atoms with E-state index in [1.54, 1.807) is 14.7 Å². The van der Waals surface area contributed by atoms with E-state index >= 15 is 0 Å². The van der Waals surface area contributed by atoms with Gasteiger partial charge in [-0.15, -0.1) is 0 Å². The van der Waals surface area contributed by atoms with Crippen LogP contribution in [0.15, 0.2) is 54.6 Å². The summed E-state index contributed by atoms with van der Waals surface area (Å²) >= 11 is 0. The summed E-state index contributed by atoms with van der Waals surface area (Å²) in [5.74, 6) is -0.315. The molecule has 150 valence electrons. The van der Waals surface area contributed by atoms with Gasteiger partial charge in [0.1, 0.15) is 0 Å². The van der Waals surface area contributed by atoms with Crippen LogP contribution in [0.2, 0.25) is 0 Å². The summed E-state index contributed by atoms with van der Waals surface area (Å²) in [5, 5.41) is 0. The third kappa shape index (κ3) is 4.01. The molecule has 2 saturated heterocycles. The average Bonchev–Trinajstić information content (AvgIpc) is 3.15. The van der Waals surface area contributed by atoms with Gasteiger partial charge in [-0.1, -0.05) is 35.9 Å². The lowest BCUT2D eigenvalue weighted by Crippen LogP contribution is -2.52. The Morgan fingerprint density at radius 2 is 1.48 bits per heavy atom. The van der Waals surface area contributed by atoms with E-state index in [1.807, 2.05) is 61.5 Å². The molecule has 0 aliphatic carbocycles. The highest BCUT2D eigenvalue weighted by molar-refractivity contribution is 6.00. The van der Waals surface area contributed by atoms with E-state index in [2.05, 4.69) is 0 Å². The first-order chi connectivity index (χ1) is 14.0. The van der Waals surface area contributed by atoms with Crippen LogP contribution in [0.1, 0.15) is 22.3 Å². The van der Waals surface area contributed by atoms with Crippen molar-refractivity contribution in [3.8, 4) is 0 Å². The van der Waals surface area contributed by atoms with Crippen LogP contribution in [-0.4, -0.2) is 60.2 Å². The van der Waals surface area contributed by atoms with Gasteiger partial charge in [0.2, 0.25) is 11.8 Å². The number of anilines is 1. The lowest BCUT2D eigenvalue weighted by molar-refractivity contribution is -0.137. The van der Waals surface area contributed by atoms with E-state index in [9.17, 15) is 14.4 Å². The lowest BCUT2D eigenvalue weighted by Gasteiger charge is -2.36. The molecular formula is C23H25N3O3. The first-order valence-corrected chi connectivity index (χ1v) is 10.0. The van der Waals surface area contributed by atoms with Crippen LogP contribution < -0.4 is 4.90 Å². The fraction of sp³-hybridized carbons (Fsp3) is 0.348. The first kappa shape index (κ1) is 19.2. The minimum absolute atomic E-state index is 0.000658. The van der Waals surface area contributed by atoms with Gasteiger partial charge in [-0.05, 0) is 31.2 Å². The molecule has 0 radical (unpaired) electrons. The number of rotatable bonds is 3. The quantitative estimate of drug-likeness (QED) is 0.807. The van der Waals surface area contributed by atoms with Gasteiger partial charge in [0, 0.05) is 50.4 Å². The van der Waals surface area contributed by atoms with E-state index in [0.717, 1.165) is 11.3 Å². The summed E-state index contributed by atoms with van der Waals surface area (Å²) in [6, 6.07) is 17.0. The minimum Gasteiger partial charge on any atom is -0.339 e. The predicted octanol–water partition coefficient (Wildman–Crippen LogP) is 2.33. The Kier molecular flexibility index (Phi) is 5.34. The molecule has 2 aliphatic heterocycles. The lowest BCUT2D eigenvalue weighted by atomic mass is 10.1. The Morgan fingerprint density at radius 3 is 2.14 bits per heavy atom. The minimum atomic E-state index is -0.319. The van der Waals surface area contributed by atoms with Gasteiger partial charge >= 0.3 is 0 Å². The molecule has 29 heavy (non-hydrogen) atoms. The molecule has 2 aromatic carbocycles. The van der Waals surface area contributed by atoms with Crippen molar-refractivity contribution in [1.29, 1.82) is 0 Å². The number of benzene rings is 2. The Morgan fingerprint density at radius 1 is 0.862 bits per heavy atom. The molecule has 6 heteroatoms. The highest BCUT2D eigenvalue weighted by Gasteiger charge is 2.38. The van der Waals surface area contributed by atoms with E-state index in [0.29, 0.717) is 38.3 Å². The monoisotopic (exact) mass is 391 g/mol. The molecule has 1 atom stereocenters. The van der Waals surface area contributed by atoms with Crippen LogP contribution in [0.5, 0.6) is 0 Å². The Hall–Kier alpha value is -3.15. The van der Waals surface area contributed by atoms with Crippen molar-refractivity contribution in [2.24, 2.45) is 5.92 Å². The Labute approximate surface area is 170 Å². The van der Waals surface area contributed by atoms with E-state index in [4.69, 9.17) is 0 Å². The first-order valence-electron chi connectivity index (χ1n) is 10.0. The SMILES string of the molecule is Cc1ccc(N2C[C@@H](C(=O)N3CCN(C(=O)c4ccccc4)CC3)CC2=O)cc1. The smallest absolute Gasteiger partial charge is 0.253 e. The standard InChI is InChI=1S/C23H25N3O3/c1-17-7-9-20(10-8-17)26-16-19(15-21(26)27)23(29)25-13-11-24(12-14-25)22(28)18-5-3-2-4-6-18/h2-10,19H,11-16H2,1H3/t19-/m0/s1. The Bertz CT molecular complexity index is 903. The van der Waals surface area contributed by atoms with E-state index in [1.165, 1.54) is 0 Å². The molecular weight excluding hydrogens is 366 g/mol. The van der Waals surface area contributed by atoms with Crippen LogP contribution in [0.4, 0.5) is 5.69 Å². The molecule has 0 N–H and O–H groups in total. The number of hydrogen-bond donors (Lipinski definition) is 0. The van der Waals surface area contributed by atoms with E-state index < -0.39 is 0 Å². The Balaban J connectivity index is 1.34. The molecule has 0 aromatic heterocycles. The van der Waals surface area contributed by atoms with Crippen LogP contribution in [-0.2, 0) is 9.59 Å². The summed E-state index contributed by atoms with van der Waals surface area (Å²) in [5.41, 5.74) is 2.65. The highest BCUT2D eigenvalue weighted by atomic mass is 16.2. The average molecular weight is 391 g/mol. The van der Waals surface area contributed by atoms with Crippen molar-refractivity contribution in [2.45, 2.75) is 13.3 Å². The van der Waals surface area contributed by atoms with Gasteiger partial charge < -0.3 is 14.7 Å². The second-order valence-electron chi connectivity index (χ2n) is 7.72.